The maximum absolute atomic E-state index is 13.5. The molecule has 1 aromatic heterocycles. The fraction of sp³-hybridized carbons (Fsp3) is 0.241. The summed E-state index contributed by atoms with van der Waals surface area (Å²) < 4.78 is 29.9. The van der Waals surface area contributed by atoms with Gasteiger partial charge in [-0.3, -0.25) is 9.59 Å². The zero-order chi connectivity index (χ0) is 25.9. The van der Waals surface area contributed by atoms with E-state index in [-0.39, 0.29) is 36.7 Å². The summed E-state index contributed by atoms with van der Waals surface area (Å²) in [5.74, 6) is -0.385. The van der Waals surface area contributed by atoms with Crippen LogP contribution in [0.15, 0.2) is 78.9 Å². The van der Waals surface area contributed by atoms with Crippen molar-refractivity contribution in [3.05, 3.63) is 101 Å². The van der Waals surface area contributed by atoms with Crippen molar-refractivity contribution in [2.24, 2.45) is 0 Å². The number of hydrogen-bond acceptors (Lipinski definition) is 3. The topological polar surface area (TPSA) is 65.6 Å². The summed E-state index contributed by atoms with van der Waals surface area (Å²) in [6.07, 6.45) is 0.551. The van der Waals surface area contributed by atoms with Gasteiger partial charge in [0.15, 0.2) is 0 Å². The van der Waals surface area contributed by atoms with Crippen LogP contribution in [0.2, 0.25) is 0 Å². The summed E-state index contributed by atoms with van der Waals surface area (Å²) >= 11 is 0. The number of nitrogens with one attached hydrogen (secondary N) is 1. The van der Waals surface area contributed by atoms with E-state index in [0.717, 1.165) is 22.0 Å². The lowest BCUT2D eigenvalue weighted by Crippen LogP contribution is -2.58. The highest BCUT2D eigenvalue weighted by atomic mass is 19.3. The number of aromatic amines is 1. The van der Waals surface area contributed by atoms with Gasteiger partial charge in [0, 0.05) is 24.0 Å². The van der Waals surface area contributed by atoms with Crippen LogP contribution in [0.4, 0.5) is 8.78 Å². The Balaban J connectivity index is 1.40. The minimum absolute atomic E-state index is 0.0440. The van der Waals surface area contributed by atoms with Gasteiger partial charge in [0.2, 0.25) is 5.91 Å². The number of alkyl halides is 2. The molecular formula is C29H27F2N3O3. The van der Waals surface area contributed by atoms with Crippen molar-refractivity contribution in [3.63, 3.8) is 0 Å². The van der Waals surface area contributed by atoms with Gasteiger partial charge in [0.25, 0.3) is 5.91 Å². The van der Waals surface area contributed by atoms with Gasteiger partial charge in [-0.05, 0) is 54.3 Å². The summed E-state index contributed by atoms with van der Waals surface area (Å²) in [6.45, 7) is -0.424. The maximum Gasteiger partial charge on any atom is 0.387 e. The Morgan fingerprint density at radius 1 is 1.03 bits per heavy atom. The number of piperazine rings is 1. The molecule has 1 fully saturated rings. The SMILES string of the molecule is Cc1cccc2[nH]c(C(=O)N3CC(=O)N(Cc4cccc(OC(F)F)c4)[C@@H](Cc4ccccc4)C3)cc12. The molecule has 0 radical (unpaired) electrons. The fourth-order valence-corrected chi connectivity index (χ4v) is 4.92. The van der Waals surface area contributed by atoms with Crippen molar-refractivity contribution in [3.8, 4) is 5.75 Å². The molecule has 190 valence electrons. The van der Waals surface area contributed by atoms with Crippen LogP contribution < -0.4 is 4.74 Å². The number of benzene rings is 3. The van der Waals surface area contributed by atoms with E-state index in [0.29, 0.717) is 24.2 Å². The average molecular weight is 504 g/mol. The molecule has 37 heavy (non-hydrogen) atoms. The fourth-order valence-electron chi connectivity index (χ4n) is 4.92. The number of aromatic nitrogens is 1. The number of carbonyl (C=O) groups is 2. The molecule has 0 aliphatic carbocycles. The van der Waals surface area contributed by atoms with Gasteiger partial charge in [-0.25, -0.2) is 0 Å². The first-order valence-corrected chi connectivity index (χ1v) is 12.1. The van der Waals surface area contributed by atoms with Gasteiger partial charge in [-0.1, -0.05) is 54.6 Å². The predicted molar refractivity (Wildman–Crippen MR) is 136 cm³/mol. The molecule has 1 N–H and O–H groups in total. The summed E-state index contributed by atoms with van der Waals surface area (Å²) in [6, 6.07) is 23.5. The van der Waals surface area contributed by atoms with Gasteiger partial charge in [0.1, 0.15) is 18.0 Å². The Hall–Kier alpha value is -4.20. The number of carbonyl (C=O) groups excluding carboxylic acids is 2. The molecule has 3 aromatic carbocycles. The molecule has 4 aromatic rings. The van der Waals surface area contributed by atoms with Gasteiger partial charge < -0.3 is 19.5 Å². The summed E-state index contributed by atoms with van der Waals surface area (Å²) in [7, 11) is 0. The predicted octanol–water partition coefficient (Wildman–Crippen LogP) is 5.17. The Morgan fingerprint density at radius 2 is 1.78 bits per heavy atom. The van der Waals surface area contributed by atoms with E-state index < -0.39 is 6.61 Å². The Morgan fingerprint density at radius 3 is 2.54 bits per heavy atom. The van der Waals surface area contributed by atoms with E-state index >= 15 is 0 Å². The zero-order valence-electron chi connectivity index (χ0n) is 20.4. The van der Waals surface area contributed by atoms with Gasteiger partial charge in [-0.15, -0.1) is 0 Å². The third-order valence-electron chi connectivity index (χ3n) is 6.71. The number of H-pyrrole nitrogens is 1. The van der Waals surface area contributed by atoms with E-state index in [1.165, 1.54) is 12.1 Å². The van der Waals surface area contributed by atoms with E-state index in [2.05, 4.69) is 9.72 Å². The second-order valence-corrected chi connectivity index (χ2v) is 9.30. The normalized spacial score (nSPS) is 16.0. The molecule has 1 aliphatic rings. The van der Waals surface area contributed by atoms with Crippen LogP contribution in [0.25, 0.3) is 10.9 Å². The van der Waals surface area contributed by atoms with Crippen LogP contribution >= 0.6 is 0 Å². The second-order valence-electron chi connectivity index (χ2n) is 9.30. The van der Waals surface area contributed by atoms with E-state index in [1.807, 2.05) is 61.5 Å². The lowest BCUT2D eigenvalue weighted by atomic mass is 10.0. The molecule has 5 rings (SSSR count). The van der Waals surface area contributed by atoms with Crippen LogP contribution in [0.1, 0.15) is 27.2 Å². The number of fused-ring (bicyclic) bond motifs is 1. The van der Waals surface area contributed by atoms with Crippen molar-refractivity contribution in [2.75, 3.05) is 13.1 Å². The van der Waals surface area contributed by atoms with Crippen LogP contribution in [-0.2, 0) is 17.8 Å². The van der Waals surface area contributed by atoms with E-state index in [9.17, 15) is 18.4 Å². The number of hydrogen-bond donors (Lipinski definition) is 1. The molecule has 0 saturated carbocycles. The first-order valence-electron chi connectivity index (χ1n) is 12.1. The molecule has 2 heterocycles. The van der Waals surface area contributed by atoms with Crippen LogP contribution in [-0.4, -0.2) is 52.3 Å². The molecule has 1 aliphatic heterocycles. The lowest BCUT2D eigenvalue weighted by molar-refractivity contribution is -0.139. The Bertz CT molecular complexity index is 1420. The van der Waals surface area contributed by atoms with Crippen molar-refractivity contribution in [2.45, 2.75) is 32.5 Å². The van der Waals surface area contributed by atoms with Gasteiger partial charge >= 0.3 is 6.61 Å². The molecule has 1 atom stereocenters. The van der Waals surface area contributed by atoms with Gasteiger partial charge in [-0.2, -0.15) is 8.78 Å². The highest BCUT2D eigenvalue weighted by molar-refractivity contribution is 6.00. The molecule has 2 amide bonds. The van der Waals surface area contributed by atoms with Crippen molar-refractivity contribution < 1.29 is 23.1 Å². The van der Waals surface area contributed by atoms with Crippen LogP contribution in [0.5, 0.6) is 5.75 Å². The second kappa shape index (κ2) is 10.4. The molecule has 0 bridgehead atoms. The largest absolute Gasteiger partial charge is 0.435 e. The number of halogens is 2. The minimum atomic E-state index is -2.93. The number of ether oxygens (including phenoxy) is 1. The van der Waals surface area contributed by atoms with Crippen LogP contribution in [0.3, 0.4) is 0 Å². The Kier molecular flexibility index (Phi) is 6.90. The quantitative estimate of drug-likeness (QED) is 0.378. The maximum atomic E-state index is 13.5. The van der Waals surface area contributed by atoms with Crippen molar-refractivity contribution in [1.82, 2.24) is 14.8 Å². The molecule has 0 unspecified atom stereocenters. The summed E-state index contributed by atoms with van der Waals surface area (Å²) in [5.41, 5.74) is 4.10. The van der Waals surface area contributed by atoms with E-state index in [4.69, 9.17) is 0 Å². The summed E-state index contributed by atoms with van der Waals surface area (Å²) in [5, 5.41) is 0.975. The highest BCUT2D eigenvalue weighted by Crippen LogP contribution is 2.25. The first-order chi connectivity index (χ1) is 17.9. The number of amides is 2. The molecule has 8 heteroatoms. The highest BCUT2D eigenvalue weighted by Gasteiger charge is 2.35. The molecular weight excluding hydrogens is 476 g/mol. The molecule has 1 saturated heterocycles. The van der Waals surface area contributed by atoms with Crippen molar-refractivity contribution >= 4 is 22.7 Å². The lowest BCUT2D eigenvalue weighted by Gasteiger charge is -2.41. The first kappa shape index (κ1) is 24.5. The third kappa shape index (κ3) is 5.48. The number of aryl methyl sites for hydroxylation is 1. The number of rotatable bonds is 7. The summed E-state index contributed by atoms with van der Waals surface area (Å²) in [4.78, 5) is 33.4. The van der Waals surface area contributed by atoms with Crippen molar-refractivity contribution in [1.29, 1.82) is 0 Å². The standard InChI is InChI=1S/C29H27F2N3O3/c1-19-7-5-12-25-24(19)15-26(32-25)28(36)33-17-22(13-20-8-3-2-4-9-20)34(27(35)18-33)16-21-10-6-11-23(14-21)37-29(30)31/h2-12,14-15,22,29,32H,13,16-18H2,1H3/t22-/m0/s1. The third-order valence-corrected chi connectivity index (χ3v) is 6.71. The molecule has 0 spiro atoms. The average Bonchev–Trinajstić information content (AvgIpc) is 3.32. The minimum Gasteiger partial charge on any atom is -0.435 e. The molecule has 6 nitrogen and oxygen atoms in total. The van der Waals surface area contributed by atoms with Gasteiger partial charge in [0.05, 0.1) is 6.04 Å². The van der Waals surface area contributed by atoms with Crippen LogP contribution in [0, 0.1) is 6.92 Å². The number of nitrogens with zero attached hydrogens (tertiary/aromatic N) is 2. The monoisotopic (exact) mass is 503 g/mol. The zero-order valence-corrected chi connectivity index (χ0v) is 20.4. The smallest absolute Gasteiger partial charge is 0.387 e. The van der Waals surface area contributed by atoms with E-state index in [1.54, 1.807) is 21.9 Å². The Labute approximate surface area is 213 Å².